The Morgan fingerprint density at radius 2 is 1.79 bits per heavy atom. The lowest BCUT2D eigenvalue weighted by Crippen LogP contribution is -2.07. The predicted molar refractivity (Wildman–Crippen MR) is 108 cm³/mol. The molecule has 0 unspecified atom stereocenters. The van der Waals surface area contributed by atoms with E-state index in [4.69, 9.17) is 9.15 Å². The minimum absolute atomic E-state index is 0.125. The maximum Gasteiger partial charge on any atom is 0.345 e. The molecule has 146 valence electrons. The largest absolute Gasteiger partial charge is 0.497 e. The zero-order chi connectivity index (χ0) is 20.7. The molecule has 0 amide bonds. The number of fused-ring (bicyclic) bond motifs is 1. The molecule has 2 aromatic carbocycles. The Bertz CT molecular complexity index is 1300. The van der Waals surface area contributed by atoms with Gasteiger partial charge >= 0.3 is 5.63 Å². The Balaban J connectivity index is 2.00. The minimum Gasteiger partial charge on any atom is -0.497 e. The highest BCUT2D eigenvalue weighted by atomic mass is 19.1. The predicted octanol–water partition coefficient (Wildman–Crippen LogP) is 4.91. The molecular weight excluding hydrogens is 373 g/mol. The van der Waals surface area contributed by atoms with Crippen LogP contribution in [0.3, 0.4) is 0 Å². The van der Waals surface area contributed by atoms with Gasteiger partial charge in [0.15, 0.2) is 5.78 Å². The summed E-state index contributed by atoms with van der Waals surface area (Å²) >= 11 is 0. The summed E-state index contributed by atoms with van der Waals surface area (Å²) in [5.41, 5.74) is 2.46. The highest BCUT2D eigenvalue weighted by Crippen LogP contribution is 2.30. The highest BCUT2D eigenvalue weighted by Gasteiger charge is 2.20. The van der Waals surface area contributed by atoms with Gasteiger partial charge in [-0.3, -0.25) is 4.79 Å². The zero-order valence-corrected chi connectivity index (χ0v) is 16.2. The third-order valence-electron chi connectivity index (χ3n) is 4.93. The minimum atomic E-state index is -0.540. The Morgan fingerprint density at radius 1 is 1.07 bits per heavy atom. The van der Waals surface area contributed by atoms with Crippen LogP contribution in [0.1, 0.15) is 23.0 Å². The zero-order valence-electron chi connectivity index (χ0n) is 16.2. The topological polar surface area (TPSA) is 61.4 Å². The second-order valence-corrected chi connectivity index (χ2v) is 6.75. The first-order valence-electron chi connectivity index (χ1n) is 9.00. The molecule has 0 aliphatic carbocycles. The van der Waals surface area contributed by atoms with E-state index in [1.165, 1.54) is 26.2 Å². The Kier molecular flexibility index (Phi) is 4.54. The molecule has 0 spiro atoms. The molecule has 0 saturated heterocycles. The molecular formula is C23H18FNO4. The van der Waals surface area contributed by atoms with Crippen molar-refractivity contribution in [1.82, 2.24) is 4.57 Å². The molecule has 2 heterocycles. The van der Waals surface area contributed by atoms with Gasteiger partial charge in [-0.2, -0.15) is 0 Å². The van der Waals surface area contributed by atoms with Gasteiger partial charge in [0.25, 0.3) is 0 Å². The van der Waals surface area contributed by atoms with E-state index >= 15 is 0 Å². The first-order valence-corrected chi connectivity index (χ1v) is 9.00. The van der Waals surface area contributed by atoms with Crippen molar-refractivity contribution in [3.8, 4) is 22.7 Å². The van der Waals surface area contributed by atoms with Crippen LogP contribution in [0, 0.1) is 12.7 Å². The van der Waals surface area contributed by atoms with Gasteiger partial charge in [0, 0.05) is 28.4 Å². The van der Waals surface area contributed by atoms with Crippen LogP contribution in [-0.2, 0) is 0 Å². The van der Waals surface area contributed by atoms with Crippen LogP contribution >= 0.6 is 0 Å². The normalized spacial score (nSPS) is 11.0. The number of hydrogen-bond acceptors (Lipinski definition) is 4. The van der Waals surface area contributed by atoms with Gasteiger partial charge in [0.2, 0.25) is 0 Å². The van der Waals surface area contributed by atoms with E-state index in [-0.39, 0.29) is 11.6 Å². The maximum absolute atomic E-state index is 13.4. The van der Waals surface area contributed by atoms with Crippen molar-refractivity contribution in [2.45, 2.75) is 13.8 Å². The SMILES string of the molecule is COc1ccc2cc(-c3cc(C(C)=O)c(C)n3-c3ccc(F)cc3)c(=O)oc2c1. The number of carbonyl (C=O) groups is 1. The van der Waals surface area contributed by atoms with Crippen LogP contribution < -0.4 is 10.4 Å². The number of aromatic nitrogens is 1. The number of ether oxygens (including phenoxy) is 1. The third-order valence-corrected chi connectivity index (χ3v) is 4.93. The number of halogens is 1. The molecule has 0 bridgehead atoms. The smallest absolute Gasteiger partial charge is 0.345 e. The first-order chi connectivity index (χ1) is 13.9. The van der Waals surface area contributed by atoms with Crippen molar-refractivity contribution in [3.63, 3.8) is 0 Å². The summed E-state index contributed by atoms with van der Waals surface area (Å²) in [6.45, 7) is 3.26. The molecule has 0 fully saturated rings. The van der Waals surface area contributed by atoms with Gasteiger partial charge in [-0.05, 0) is 62.4 Å². The molecule has 5 nitrogen and oxygen atoms in total. The second kappa shape index (κ2) is 7.05. The van der Waals surface area contributed by atoms with E-state index in [1.807, 2.05) is 0 Å². The number of rotatable bonds is 4. The lowest BCUT2D eigenvalue weighted by atomic mass is 10.1. The molecule has 29 heavy (non-hydrogen) atoms. The van der Waals surface area contributed by atoms with Crippen LogP contribution in [0.2, 0.25) is 0 Å². The van der Waals surface area contributed by atoms with Crippen molar-refractivity contribution >= 4 is 16.8 Å². The molecule has 4 aromatic rings. The summed E-state index contributed by atoms with van der Waals surface area (Å²) in [6.07, 6.45) is 0. The van der Waals surface area contributed by atoms with Crippen LogP contribution in [0.25, 0.3) is 27.9 Å². The Morgan fingerprint density at radius 3 is 2.45 bits per heavy atom. The number of ketones is 1. The molecule has 0 N–H and O–H groups in total. The van der Waals surface area contributed by atoms with Gasteiger partial charge in [-0.25, -0.2) is 9.18 Å². The fourth-order valence-electron chi connectivity index (χ4n) is 3.48. The van der Waals surface area contributed by atoms with Gasteiger partial charge in [-0.1, -0.05) is 0 Å². The number of methoxy groups -OCH3 is 1. The summed E-state index contributed by atoms with van der Waals surface area (Å²) in [4.78, 5) is 24.9. The third kappa shape index (κ3) is 3.23. The van der Waals surface area contributed by atoms with Crippen molar-refractivity contribution < 1.29 is 18.3 Å². The van der Waals surface area contributed by atoms with Crippen LogP contribution in [0.5, 0.6) is 5.75 Å². The van der Waals surface area contributed by atoms with Crippen molar-refractivity contribution in [2.24, 2.45) is 0 Å². The maximum atomic E-state index is 13.4. The Labute approximate surface area is 166 Å². The van der Waals surface area contributed by atoms with E-state index in [2.05, 4.69) is 0 Å². The molecule has 0 atom stereocenters. The quantitative estimate of drug-likeness (QED) is 0.366. The number of carbonyl (C=O) groups excluding carboxylic acids is 1. The highest BCUT2D eigenvalue weighted by molar-refractivity contribution is 5.97. The second-order valence-electron chi connectivity index (χ2n) is 6.75. The van der Waals surface area contributed by atoms with Gasteiger partial charge < -0.3 is 13.7 Å². The van der Waals surface area contributed by atoms with Crippen LogP contribution in [0.15, 0.2) is 63.8 Å². The summed E-state index contributed by atoms with van der Waals surface area (Å²) < 4.78 is 25.9. The number of nitrogens with zero attached hydrogens (tertiary/aromatic N) is 1. The van der Waals surface area contributed by atoms with Crippen molar-refractivity contribution in [1.29, 1.82) is 0 Å². The fraction of sp³-hybridized carbons (Fsp3) is 0.130. The van der Waals surface area contributed by atoms with E-state index in [1.54, 1.807) is 54.0 Å². The van der Waals surface area contributed by atoms with Gasteiger partial charge in [0.05, 0.1) is 18.4 Å². The molecule has 0 saturated carbocycles. The molecule has 0 aliphatic rings. The fourth-order valence-corrected chi connectivity index (χ4v) is 3.48. The van der Waals surface area contributed by atoms with Crippen LogP contribution in [0.4, 0.5) is 4.39 Å². The molecule has 6 heteroatoms. The Hall–Kier alpha value is -3.67. The first kappa shape index (κ1) is 18.7. The number of benzene rings is 2. The molecule has 2 aromatic heterocycles. The summed E-state index contributed by atoms with van der Waals surface area (Å²) in [6, 6.07) is 14.5. The standard InChI is InChI=1S/C23H18FNO4/c1-13-19(14(2)26)12-21(25(13)17-7-5-16(24)6-8-17)20-10-15-4-9-18(28-3)11-22(15)29-23(20)27/h4-12H,1-3H3. The summed E-state index contributed by atoms with van der Waals surface area (Å²) in [7, 11) is 1.54. The van der Waals surface area contributed by atoms with E-state index < -0.39 is 5.63 Å². The molecule has 0 aliphatic heterocycles. The van der Waals surface area contributed by atoms with Gasteiger partial charge in [-0.15, -0.1) is 0 Å². The van der Waals surface area contributed by atoms with E-state index in [0.29, 0.717) is 44.9 Å². The average Bonchev–Trinajstić information content (AvgIpc) is 3.05. The lowest BCUT2D eigenvalue weighted by Gasteiger charge is -2.12. The van der Waals surface area contributed by atoms with Crippen molar-refractivity contribution in [2.75, 3.05) is 7.11 Å². The van der Waals surface area contributed by atoms with Crippen LogP contribution in [-0.4, -0.2) is 17.5 Å². The lowest BCUT2D eigenvalue weighted by molar-refractivity contribution is 0.101. The molecule has 4 rings (SSSR count). The number of hydrogen-bond donors (Lipinski definition) is 0. The molecule has 0 radical (unpaired) electrons. The number of Topliss-reactive ketones (excluding diaryl/α,β-unsaturated/α-hetero) is 1. The monoisotopic (exact) mass is 391 g/mol. The van der Waals surface area contributed by atoms with E-state index in [0.717, 1.165) is 0 Å². The summed E-state index contributed by atoms with van der Waals surface area (Å²) in [5.74, 6) is 0.0865. The van der Waals surface area contributed by atoms with E-state index in [9.17, 15) is 14.0 Å². The average molecular weight is 391 g/mol. The summed E-state index contributed by atoms with van der Waals surface area (Å²) in [5, 5.41) is 0.717. The van der Waals surface area contributed by atoms with Gasteiger partial charge in [0.1, 0.15) is 17.1 Å². The van der Waals surface area contributed by atoms with Crippen molar-refractivity contribution in [3.05, 3.63) is 82.1 Å².